The van der Waals surface area contributed by atoms with Gasteiger partial charge in [0.25, 0.3) is 0 Å². The Bertz CT molecular complexity index is 267. The minimum Gasteiger partial charge on any atom is -0.481 e. The third kappa shape index (κ3) is 5.17. The Morgan fingerprint density at radius 3 is 2.76 bits per heavy atom. The van der Waals surface area contributed by atoms with Gasteiger partial charge in [0, 0.05) is 12.6 Å². The van der Waals surface area contributed by atoms with Gasteiger partial charge in [-0.1, -0.05) is 13.3 Å². The molecule has 2 atom stereocenters. The molecule has 5 heteroatoms. The van der Waals surface area contributed by atoms with Gasteiger partial charge in [0.2, 0.25) is 5.91 Å². The van der Waals surface area contributed by atoms with Crippen LogP contribution in [0.25, 0.3) is 0 Å². The van der Waals surface area contributed by atoms with Crippen molar-refractivity contribution in [2.24, 2.45) is 5.92 Å². The van der Waals surface area contributed by atoms with Crippen molar-refractivity contribution < 1.29 is 19.4 Å². The Morgan fingerprint density at radius 2 is 2.18 bits per heavy atom. The Morgan fingerprint density at radius 1 is 1.41 bits per heavy atom. The van der Waals surface area contributed by atoms with Crippen LogP contribution in [-0.2, 0) is 14.3 Å². The Kier molecular flexibility index (Phi) is 5.97. The topological polar surface area (TPSA) is 75.6 Å². The molecule has 1 amide bonds. The minimum absolute atomic E-state index is 0.00150. The Balaban J connectivity index is 2.13. The summed E-state index contributed by atoms with van der Waals surface area (Å²) in [4.78, 5) is 22.2. The first kappa shape index (κ1) is 14.0. The molecule has 1 saturated carbocycles. The van der Waals surface area contributed by atoms with E-state index in [1.807, 2.05) is 0 Å². The first-order valence-electron chi connectivity index (χ1n) is 6.23. The largest absolute Gasteiger partial charge is 0.481 e. The van der Waals surface area contributed by atoms with E-state index < -0.39 is 5.97 Å². The predicted octanol–water partition coefficient (Wildman–Crippen LogP) is 1.17. The average molecular weight is 243 g/mol. The third-order valence-electron chi connectivity index (χ3n) is 3.02. The van der Waals surface area contributed by atoms with E-state index in [0.717, 1.165) is 19.3 Å². The normalized spacial score (nSPS) is 23.6. The minimum atomic E-state index is -0.763. The quantitative estimate of drug-likeness (QED) is 0.658. The van der Waals surface area contributed by atoms with Crippen LogP contribution in [0.5, 0.6) is 0 Å². The molecule has 0 heterocycles. The molecular formula is C12H21NO4. The van der Waals surface area contributed by atoms with Gasteiger partial charge in [0.15, 0.2) is 0 Å². The van der Waals surface area contributed by atoms with Crippen LogP contribution in [0.3, 0.4) is 0 Å². The van der Waals surface area contributed by atoms with Gasteiger partial charge in [0.05, 0.1) is 5.92 Å². The van der Waals surface area contributed by atoms with Crippen molar-refractivity contribution in [2.45, 2.75) is 45.1 Å². The second-order valence-electron chi connectivity index (χ2n) is 4.52. The fourth-order valence-corrected chi connectivity index (χ4v) is 2.02. The molecule has 98 valence electrons. The van der Waals surface area contributed by atoms with E-state index in [2.05, 4.69) is 12.2 Å². The highest BCUT2D eigenvalue weighted by Crippen LogP contribution is 2.25. The smallest absolute Gasteiger partial charge is 0.306 e. The van der Waals surface area contributed by atoms with Gasteiger partial charge in [-0.05, 0) is 25.7 Å². The van der Waals surface area contributed by atoms with Crippen LogP contribution in [0.15, 0.2) is 0 Å². The summed E-state index contributed by atoms with van der Waals surface area (Å²) in [6.07, 6.45) is 3.94. The van der Waals surface area contributed by atoms with Gasteiger partial charge in [-0.15, -0.1) is 0 Å². The van der Waals surface area contributed by atoms with Crippen molar-refractivity contribution in [2.75, 3.05) is 13.2 Å². The van der Waals surface area contributed by atoms with Crippen LogP contribution < -0.4 is 5.32 Å². The van der Waals surface area contributed by atoms with Gasteiger partial charge in [-0.3, -0.25) is 9.59 Å². The van der Waals surface area contributed by atoms with Crippen molar-refractivity contribution in [1.29, 1.82) is 0 Å². The molecule has 0 aromatic rings. The van der Waals surface area contributed by atoms with E-state index in [1.165, 1.54) is 0 Å². The van der Waals surface area contributed by atoms with Crippen LogP contribution >= 0.6 is 0 Å². The van der Waals surface area contributed by atoms with Gasteiger partial charge < -0.3 is 15.2 Å². The van der Waals surface area contributed by atoms with Crippen LogP contribution in [0, 0.1) is 5.92 Å². The van der Waals surface area contributed by atoms with Crippen molar-refractivity contribution >= 4 is 11.9 Å². The number of aliphatic carboxylic acids is 1. The summed E-state index contributed by atoms with van der Waals surface area (Å²) >= 11 is 0. The lowest BCUT2D eigenvalue weighted by molar-refractivity contribution is -0.141. The molecule has 1 rings (SSSR count). The maximum atomic E-state index is 11.5. The summed E-state index contributed by atoms with van der Waals surface area (Å²) in [6, 6.07) is -0.00150. The number of carboxylic acid groups (broad SMARTS) is 1. The molecule has 5 nitrogen and oxygen atoms in total. The Labute approximate surface area is 102 Å². The van der Waals surface area contributed by atoms with Crippen LogP contribution in [-0.4, -0.2) is 36.2 Å². The molecule has 1 aliphatic rings. The van der Waals surface area contributed by atoms with Crippen LogP contribution in [0.1, 0.15) is 39.0 Å². The van der Waals surface area contributed by atoms with E-state index in [0.29, 0.717) is 19.4 Å². The second-order valence-corrected chi connectivity index (χ2v) is 4.52. The summed E-state index contributed by atoms with van der Waals surface area (Å²) in [7, 11) is 0. The standard InChI is InChI=1S/C12H21NO4/c1-2-3-6-17-8-11(14)13-10-5-4-9(7-10)12(15)16/h9-10H,2-8H2,1H3,(H,13,14)(H,15,16)/t9-,10+/m0/s1. The molecule has 0 aromatic heterocycles. The fraction of sp³-hybridized carbons (Fsp3) is 0.833. The molecule has 17 heavy (non-hydrogen) atoms. The molecule has 1 fully saturated rings. The summed E-state index contributed by atoms with van der Waals surface area (Å²) in [5.74, 6) is -1.21. The molecule has 0 radical (unpaired) electrons. The molecular weight excluding hydrogens is 222 g/mol. The predicted molar refractivity (Wildman–Crippen MR) is 62.6 cm³/mol. The number of rotatable bonds is 7. The first-order chi connectivity index (χ1) is 8.13. The maximum absolute atomic E-state index is 11.5. The zero-order valence-electron chi connectivity index (χ0n) is 10.3. The lowest BCUT2D eigenvalue weighted by atomic mass is 10.1. The molecule has 0 aliphatic heterocycles. The third-order valence-corrected chi connectivity index (χ3v) is 3.02. The average Bonchev–Trinajstić information content (AvgIpc) is 2.73. The molecule has 2 N–H and O–H groups in total. The number of carbonyl (C=O) groups excluding carboxylic acids is 1. The van der Waals surface area contributed by atoms with E-state index in [1.54, 1.807) is 0 Å². The first-order valence-corrected chi connectivity index (χ1v) is 6.23. The highest BCUT2D eigenvalue weighted by atomic mass is 16.5. The summed E-state index contributed by atoms with van der Waals surface area (Å²) in [6.45, 7) is 2.74. The van der Waals surface area contributed by atoms with E-state index in [9.17, 15) is 9.59 Å². The van der Waals surface area contributed by atoms with Crippen molar-refractivity contribution in [3.05, 3.63) is 0 Å². The molecule has 0 saturated heterocycles. The summed E-state index contributed by atoms with van der Waals surface area (Å²) in [5.41, 5.74) is 0. The zero-order chi connectivity index (χ0) is 12.7. The number of hydrogen-bond donors (Lipinski definition) is 2. The molecule has 1 aliphatic carbocycles. The Hall–Kier alpha value is -1.10. The number of carbonyl (C=O) groups is 2. The van der Waals surface area contributed by atoms with E-state index >= 15 is 0 Å². The van der Waals surface area contributed by atoms with Crippen molar-refractivity contribution in [3.8, 4) is 0 Å². The highest BCUT2D eigenvalue weighted by molar-refractivity contribution is 5.78. The maximum Gasteiger partial charge on any atom is 0.306 e. The summed E-state index contributed by atoms with van der Waals surface area (Å²) < 4.78 is 5.19. The summed E-state index contributed by atoms with van der Waals surface area (Å²) in [5, 5.41) is 11.6. The zero-order valence-corrected chi connectivity index (χ0v) is 10.3. The van der Waals surface area contributed by atoms with Gasteiger partial charge >= 0.3 is 5.97 Å². The number of hydrogen-bond acceptors (Lipinski definition) is 3. The number of amides is 1. The number of unbranched alkanes of at least 4 members (excludes halogenated alkanes) is 1. The number of carboxylic acids is 1. The molecule has 0 bridgehead atoms. The lowest BCUT2D eigenvalue weighted by Crippen LogP contribution is -2.36. The monoisotopic (exact) mass is 243 g/mol. The van der Waals surface area contributed by atoms with Crippen LogP contribution in [0.2, 0.25) is 0 Å². The second kappa shape index (κ2) is 7.27. The molecule has 0 spiro atoms. The lowest BCUT2D eigenvalue weighted by Gasteiger charge is -2.12. The fourth-order valence-electron chi connectivity index (χ4n) is 2.02. The molecule has 0 aromatic carbocycles. The van der Waals surface area contributed by atoms with Crippen molar-refractivity contribution in [1.82, 2.24) is 5.32 Å². The van der Waals surface area contributed by atoms with Gasteiger partial charge in [0.1, 0.15) is 6.61 Å². The van der Waals surface area contributed by atoms with Crippen molar-refractivity contribution in [3.63, 3.8) is 0 Å². The van der Waals surface area contributed by atoms with Gasteiger partial charge in [-0.2, -0.15) is 0 Å². The molecule has 0 unspecified atom stereocenters. The number of ether oxygens (including phenoxy) is 1. The van der Waals surface area contributed by atoms with E-state index in [-0.39, 0.29) is 24.5 Å². The highest BCUT2D eigenvalue weighted by Gasteiger charge is 2.30. The SMILES string of the molecule is CCCCOCC(=O)N[C@@H]1CC[C@H](C(=O)O)C1. The van der Waals surface area contributed by atoms with Crippen LogP contribution in [0.4, 0.5) is 0 Å². The van der Waals surface area contributed by atoms with Gasteiger partial charge in [-0.25, -0.2) is 0 Å². The van der Waals surface area contributed by atoms with E-state index in [4.69, 9.17) is 9.84 Å². The number of nitrogens with one attached hydrogen (secondary N) is 1.